The molecule has 1 N–H and O–H groups in total. The minimum Gasteiger partial charge on any atom is -0.346 e. The molecule has 5 nitrogen and oxygen atoms in total. The average molecular weight is 466 g/mol. The summed E-state index contributed by atoms with van der Waals surface area (Å²) in [5.41, 5.74) is 1.27. The highest BCUT2D eigenvalue weighted by molar-refractivity contribution is 7.09. The fourth-order valence-corrected chi connectivity index (χ4v) is 4.54. The Kier molecular flexibility index (Phi) is 7.10. The summed E-state index contributed by atoms with van der Waals surface area (Å²) in [6.07, 6.45) is 1.49. The Hall–Kier alpha value is -3.57. The molecule has 2 aromatic carbocycles. The number of halogens is 2. The third-order valence-corrected chi connectivity index (χ3v) is 6.44. The van der Waals surface area contributed by atoms with E-state index in [2.05, 4.69) is 22.1 Å². The van der Waals surface area contributed by atoms with Gasteiger partial charge in [0.05, 0.1) is 5.01 Å². The first-order chi connectivity index (χ1) is 16.0. The van der Waals surface area contributed by atoms with Crippen LogP contribution in [0.3, 0.4) is 0 Å². The van der Waals surface area contributed by atoms with Crippen molar-refractivity contribution in [2.45, 2.75) is 25.3 Å². The Bertz CT molecular complexity index is 1210. The number of thiazole rings is 1. The van der Waals surface area contributed by atoms with Gasteiger partial charge in [0.2, 0.25) is 0 Å². The van der Waals surface area contributed by atoms with Crippen LogP contribution in [0.15, 0.2) is 53.9 Å². The second kappa shape index (κ2) is 10.4. The van der Waals surface area contributed by atoms with Gasteiger partial charge in [-0.15, -0.1) is 11.3 Å². The molecule has 1 aliphatic rings. The summed E-state index contributed by atoms with van der Waals surface area (Å²) in [4.78, 5) is 31.0. The van der Waals surface area contributed by atoms with Gasteiger partial charge < -0.3 is 10.2 Å². The van der Waals surface area contributed by atoms with E-state index in [4.69, 9.17) is 0 Å². The van der Waals surface area contributed by atoms with Crippen LogP contribution in [0.1, 0.15) is 45.4 Å². The first-order valence-electron chi connectivity index (χ1n) is 10.5. The third kappa shape index (κ3) is 5.82. The minimum atomic E-state index is -0.705. The molecule has 2 amide bonds. The van der Waals surface area contributed by atoms with Gasteiger partial charge >= 0.3 is 0 Å². The lowest BCUT2D eigenvalue weighted by Crippen LogP contribution is -2.37. The summed E-state index contributed by atoms with van der Waals surface area (Å²) < 4.78 is 26.7. The van der Waals surface area contributed by atoms with Crippen molar-refractivity contribution in [3.63, 3.8) is 0 Å². The SMILES string of the molecule is O=C(NCc1ccc(F)cc1F)c1csc(C2CCN(C(=O)C#Cc3ccccc3)CC2)n1. The van der Waals surface area contributed by atoms with Crippen molar-refractivity contribution in [3.8, 4) is 11.8 Å². The summed E-state index contributed by atoms with van der Waals surface area (Å²) in [7, 11) is 0. The Balaban J connectivity index is 1.29. The number of aromatic nitrogens is 1. The molecule has 33 heavy (non-hydrogen) atoms. The maximum Gasteiger partial charge on any atom is 0.298 e. The standard InChI is InChI=1S/C25H21F2N3O2S/c26-20-8-7-19(21(27)14-20)15-28-24(32)22-16-33-25(29-22)18-10-12-30(13-11-18)23(31)9-6-17-4-2-1-3-5-17/h1-5,7-8,14,16,18H,10-13,15H2,(H,28,32). The van der Waals surface area contributed by atoms with Crippen molar-refractivity contribution >= 4 is 23.2 Å². The quantitative estimate of drug-likeness (QED) is 0.590. The maximum absolute atomic E-state index is 13.7. The maximum atomic E-state index is 13.7. The van der Waals surface area contributed by atoms with Gasteiger partial charge in [0.25, 0.3) is 11.8 Å². The zero-order valence-electron chi connectivity index (χ0n) is 17.7. The van der Waals surface area contributed by atoms with Crippen molar-refractivity contribution in [1.29, 1.82) is 0 Å². The molecule has 168 valence electrons. The lowest BCUT2D eigenvalue weighted by Gasteiger charge is -2.29. The number of hydrogen-bond donors (Lipinski definition) is 1. The fourth-order valence-electron chi connectivity index (χ4n) is 3.57. The topological polar surface area (TPSA) is 62.3 Å². The van der Waals surface area contributed by atoms with Gasteiger partial charge in [-0.25, -0.2) is 13.8 Å². The van der Waals surface area contributed by atoms with Crippen LogP contribution in [0.4, 0.5) is 8.78 Å². The van der Waals surface area contributed by atoms with Crippen LogP contribution in [0.5, 0.6) is 0 Å². The predicted molar refractivity (Wildman–Crippen MR) is 122 cm³/mol. The van der Waals surface area contributed by atoms with Gasteiger partial charge in [0.1, 0.15) is 17.3 Å². The number of hydrogen-bond acceptors (Lipinski definition) is 4. The summed E-state index contributed by atoms with van der Waals surface area (Å²) >= 11 is 1.40. The van der Waals surface area contributed by atoms with Crippen LogP contribution in [-0.2, 0) is 11.3 Å². The van der Waals surface area contributed by atoms with E-state index in [-0.39, 0.29) is 29.6 Å². The second-order valence-corrected chi connectivity index (χ2v) is 8.56. The molecular weight excluding hydrogens is 444 g/mol. The Morgan fingerprint density at radius 3 is 2.61 bits per heavy atom. The van der Waals surface area contributed by atoms with E-state index in [0.717, 1.165) is 35.5 Å². The number of piperidine rings is 1. The number of benzene rings is 2. The number of carbonyl (C=O) groups excluding carboxylic acids is 2. The van der Waals surface area contributed by atoms with Crippen LogP contribution in [-0.4, -0.2) is 34.8 Å². The van der Waals surface area contributed by atoms with Crippen LogP contribution >= 0.6 is 11.3 Å². The molecule has 0 spiro atoms. The molecule has 0 saturated carbocycles. The molecule has 1 aliphatic heterocycles. The highest BCUT2D eigenvalue weighted by Crippen LogP contribution is 2.30. The van der Waals surface area contributed by atoms with E-state index in [1.807, 2.05) is 30.3 Å². The Morgan fingerprint density at radius 1 is 1.12 bits per heavy atom. The molecule has 8 heteroatoms. The molecular formula is C25H21F2N3O2S. The molecule has 0 radical (unpaired) electrons. The molecule has 0 unspecified atom stereocenters. The highest BCUT2D eigenvalue weighted by Gasteiger charge is 2.25. The molecule has 3 aromatic rings. The monoisotopic (exact) mass is 465 g/mol. The van der Waals surface area contributed by atoms with Crippen LogP contribution < -0.4 is 5.32 Å². The molecule has 1 aromatic heterocycles. The Morgan fingerprint density at radius 2 is 1.88 bits per heavy atom. The van der Waals surface area contributed by atoms with Crippen molar-refractivity contribution in [2.75, 3.05) is 13.1 Å². The summed E-state index contributed by atoms with van der Waals surface area (Å²) in [6.45, 7) is 1.11. The van der Waals surface area contributed by atoms with Gasteiger partial charge in [-0.2, -0.15) is 0 Å². The van der Waals surface area contributed by atoms with Crippen LogP contribution in [0, 0.1) is 23.5 Å². The molecule has 1 saturated heterocycles. The first-order valence-corrected chi connectivity index (χ1v) is 11.4. The molecule has 0 aliphatic carbocycles. The van der Waals surface area contributed by atoms with Crippen LogP contribution in [0.2, 0.25) is 0 Å². The second-order valence-electron chi connectivity index (χ2n) is 7.67. The molecule has 1 fully saturated rings. The lowest BCUT2D eigenvalue weighted by molar-refractivity contribution is -0.126. The van der Waals surface area contributed by atoms with Crippen LogP contribution in [0.25, 0.3) is 0 Å². The summed E-state index contributed by atoms with van der Waals surface area (Å²) in [5.74, 6) is 3.79. The van der Waals surface area contributed by atoms with Crippen molar-refractivity contribution in [1.82, 2.24) is 15.2 Å². The minimum absolute atomic E-state index is 0.0533. The molecule has 0 bridgehead atoms. The molecule has 0 atom stereocenters. The zero-order valence-corrected chi connectivity index (χ0v) is 18.5. The van der Waals surface area contributed by atoms with E-state index in [1.54, 1.807) is 10.3 Å². The van der Waals surface area contributed by atoms with E-state index in [1.165, 1.54) is 17.4 Å². The summed E-state index contributed by atoms with van der Waals surface area (Å²) in [6, 6.07) is 12.6. The normalized spacial score (nSPS) is 13.8. The largest absolute Gasteiger partial charge is 0.346 e. The third-order valence-electron chi connectivity index (χ3n) is 5.43. The number of carbonyl (C=O) groups is 2. The zero-order chi connectivity index (χ0) is 23.2. The predicted octanol–water partition coefficient (Wildman–Crippen LogP) is 4.11. The molecule has 2 heterocycles. The number of likely N-dealkylation sites (tertiary alicyclic amines) is 1. The van der Waals surface area contributed by atoms with Gasteiger partial charge in [-0.1, -0.05) is 30.2 Å². The van der Waals surface area contributed by atoms with Gasteiger partial charge in [-0.3, -0.25) is 9.59 Å². The van der Waals surface area contributed by atoms with Gasteiger partial charge in [-0.05, 0) is 31.0 Å². The van der Waals surface area contributed by atoms with E-state index >= 15 is 0 Å². The molecule has 4 rings (SSSR count). The first kappa shape index (κ1) is 22.6. The van der Waals surface area contributed by atoms with E-state index in [9.17, 15) is 18.4 Å². The van der Waals surface area contributed by atoms with E-state index in [0.29, 0.717) is 13.1 Å². The number of rotatable bonds is 4. The fraction of sp³-hybridized carbons (Fsp3) is 0.240. The average Bonchev–Trinajstić information content (AvgIpc) is 3.33. The van der Waals surface area contributed by atoms with Gasteiger partial charge in [0, 0.05) is 54.0 Å². The van der Waals surface area contributed by atoms with Gasteiger partial charge in [0.15, 0.2) is 0 Å². The number of nitrogens with zero attached hydrogens (tertiary/aromatic N) is 2. The smallest absolute Gasteiger partial charge is 0.298 e. The van der Waals surface area contributed by atoms with Crippen molar-refractivity contribution in [3.05, 3.63) is 87.4 Å². The lowest BCUT2D eigenvalue weighted by atomic mass is 9.97. The van der Waals surface area contributed by atoms with E-state index < -0.39 is 17.5 Å². The highest BCUT2D eigenvalue weighted by atomic mass is 32.1. The number of amides is 2. The Labute approximate surface area is 194 Å². The van der Waals surface area contributed by atoms with Crippen molar-refractivity contribution in [2.24, 2.45) is 0 Å². The summed E-state index contributed by atoms with van der Waals surface area (Å²) in [5, 5.41) is 5.13. The van der Waals surface area contributed by atoms with Crippen molar-refractivity contribution < 1.29 is 18.4 Å². The number of nitrogens with one attached hydrogen (secondary N) is 1.